The molecule has 4 nitrogen and oxygen atoms in total. The average Bonchev–Trinajstić information content (AvgIpc) is 2.76. The first-order chi connectivity index (χ1) is 8.18. The van der Waals surface area contributed by atoms with Gasteiger partial charge in [-0.05, 0) is 53.5 Å². The minimum absolute atomic E-state index is 0.467. The van der Waals surface area contributed by atoms with E-state index in [2.05, 4.69) is 36.3 Å². The maximum Gasteiger partial charge on any atom is 0.0700 e. The maximum atomic E-state index is 5.57. The standard InChI is InChI=1S/C13H29N3O/c1-15(2)8-5-9-16(3)10-7-14-12-13-6-4-11-17-13/h13-14H,4-12H2,1-3H3. The highest BCUT2D eigenvalue weighted by Gasteiger charge is 2.14. The van der Waals surface area contributed by atoms with Crippen LogP contribution in [0.4, 0.5) is 0 Å². The molecule has 1 saturated heterocycles. The Balaban J connectivity index is 1.87. The molecular formula is C13H29N3O. The summed E-state index contributed by atoms with van der Waals surface area (Å²) in [6.45, 7) is 6.52. The van der Waals surface area contributed by atoms with Gasteiger partial charge in [0, 0.05) is 26.2 Å². The smallest absolute Gasteiger partial charge is 0.0700 e. The second-order valence-electron chi connectivity index (χ2n) is 5.30. The Hall–Kier alpha value is -0.160. The summed E-state index contributed by atoms with van der Waals surface area (Å²) in [5, 5.41) is 3.48. The number of nitrogens with zero attached hydrogens (tertiary/aromatic N) is 2. The van der Waals surface area contributed by atoms with E-state index in [4.69, 9.17) is 4.74 Å². The molecule has 0 amide bonds. The molecule has 1 heterocycles. The van der Waals surface area contributed by atoms with Crippen molar-refractivity contribution >= 4 is 0 Å². The fraction of sp³-hybridized carbons (Fsp3) is 1.00. The van der Waals surface area contributed by atoms with Gasteiger partial charge < -0.3 is 19.9 Å². The minimum atomic E-state index is 0.467. The molecule has 1 fully saturated rings. The Labute approximate surface area is 106 Å². The lowest BCUT2D eigenvalue weighted by Gasteiger charge is -2.19. The summed E-state index contributed by atoms with van der Waals surface area (Å²) in [7, 11) is 6.45. The molecule has 1 unspecified atom stereocenters. The molecule has 0 bridgehead atoms. The van der Waals surface area contributed by atoms with Crippen molar-refractivity contribution in [2.75, 3.05) is 60.5 Å². The third-order valence-corrected chi connectivity index (χ3v) is 3.21. The predicted molar refractivity (Wildman–Crippen MR) is 72.5 cm³/mol. The van der Waals surface area contributed by atoms with Gasteiger partial charge in [0.25, 0.3) is 0 Å². The van der Waals surface area contributed by atoms with Gasteiger partial charge in [0.1, 0.15) is 0 Å². The monoisotopic (exact) mass is 243 g/mol. The van der Waals surface area contributed by atoms with E-state index in [1.165, 1.54) is 32.4 Å². The van der Waals surface area contributed by atoms with Gasteiger partial charge in [-0.25, -0.2) is 0 Å². The highest BCUT2D eigenvalue weighted by Crippen LogP contribution is 2.10. The molecule has 17 heavy (non-hydrogen) atoms. The summed E-state index contributed by atoms with van der Waals surface area (Å²) in [6.07, 6.45) is 4.17. The van der Waals surface area contributed by atoms with Crippen LogP contribution in [0.2, 0.25) is 0 Å². The van der Waals surface area contributed by atoms with Crippen LogP contribution in [-0.4, -0.2) is 76.4 Å². The largest absolute Gasteiger partial charge is 0.377 e. The second kappa shape index (κ2) is 8.86. The molecule has 1 aliphatic heterocycles. The summed E-state index contributed by atoms with van der Waals surface area (Å²) in [4.78, 5) is 4.63. The van der Waals surface area contributed by atoms with Crippen molar-refractivity contribution in [3.63, 3.8) is 0 Å². The van der Waals surface area contributed by atoms with Crippen LogP contribution in [-0.2, 0) is 4.74 Å². The van der Waals surface area contributed by atoms with Crippen LogP contribution < -0.4 is 5.32 Å². The number of nitrogens with one attached hydrogen (secondary N) is 1. The van der Waals surface area contributed by atoms with E-state index in [9.17, 15) is 0 Å². The lowest BCUT2D eigenvalue weighted by Crippen LogP contribution is -2.34. The number of rotatable bonds is 9. The quantitative estimate of drug-likeness (QED) is 0.602. The molecule has 0 saturated carbocycles. The summed E-state index contributed by atoms with van der Waals surface area (Å²) < 4.78 is 5.57. The first-order valence-electron chi connectivity index (χ1n) is 6.84. The molecule has 102 valence electrons. The Morgan fingerprint density at radius 3 is 2.65 bits per heavy atom. The van der Waals surface area contributed by atoms with Crippen LogP contribution in [0, 0.1) is 0 Å². The van der Waals surface area contributed by atoms with E-state index >= 15 is 0 Å². The minimum Gasteiger partial charge on any atom is -0.377 e. The van der Waals surface area contributed by atoms with Gasteiger partial charge in [0.2, 0.25) is 0 Å². The SMILES string of the molecule is CN(C)CCCN(C)CCNCC1CCCO1. The van der Waals surface area contributed by atoms with Crippen molar-refractivity contribution in [3.8, 4) is 0 Å². The molecule has 4 heteroatoms. The highest BCUT2D eigenvalue weighted by atomic mass is 16.5. The van der Waals surface area contributed by atoms with Gasteiger partial charge in [0.05, 0.1) is 6.10 Å². The van der Waals surface area contributed by atoms with Gasteiger partial charge >= 0.3 is 0 Å². The summed E-state index contributed by atoms with van der Waals surface area (Å²) in [6, 6.07) is 0. The van der Waals surface area contributed by atoms with E-state index in [-0.39, 0.29) is 0 Å². The van der Waals surface area contributed by atoms with Crippen LogP contribution >= 0.6 is 0 Å². The van der Waals surface area contributed by atoms with Crippen LogP contribution in [0.15, 0.2) is 0 Å². The zero-order valence-corrected chi connectivity index (χ0v) is 11.7. The normalized spacial score (nSPS) is 20.6. The molecule has 0 aromatic heterocycles. The topological polar surface area (TPSA) is 27.7 Å². The molecule has 0 spiro atoms. The predicted octanol–water partition coefficient (Wildman–Crippen LogP) is 0.639. The summed E-state index contributed by atoms with van der Waals surface area (Å²) in [5.41, 5.74) is 0. The molecule has 1 aliphatic rings. The van der Waals surface area contributed by atoms with E-state index in [0.29, 0.717) is 6.10 Å². The molecule has 0 aromatic rings. The van der Waals surface area contributed by atoms with Crippen LogP contribution in [0.25, 0.3) is 0 Å². The van der Waals surface area contributed by atoms with Crippen LogP contribution in [0.5, 0.6) is 0 Å². The van der Waals surface area contributed by atoms with Gasteiger partial charge in [-0.3, -0.25) is 0 Å². The molecule has 0 aromatic carbocycles. The molecule has 1 atom stereocenters. The Morgan fingerprint density at radius 1 is 1.18 bits per heavy atom. The highest BCUT2D eigenvalue weighted by molar-refractivity contribution is 4.67. The zero-order valence-electron chi connectivity index (χ0n) is 11.7. The van der Waals surface area contributed by atoms with Crippen molar-refractivity contribution in [1.29, 1.82) is 0 Å². The van der Waals surface area contributed by atoms with Crippen molar-refractivity contribution < 1.29 is 4.74 Å². The van der Waals surface area contributed by atoms with E-state index < -0.39 is 0 Å². The maximum absolute atomic E-state index is 5.57. The molecule has 0 aliphatic carbocycles. The van der Waals surface area contributed by atoms with E-state index in [0.717, 1.165) is 26.2 Å². The van der Waals surface area contributed by atoms with Crippen molar-refractivity contribution in [3.05, 3.63) is 0 Å². The number of hydrogen-bond donors (Lipinski definition) is 1. The van der Waals surface area contributed by atoms with Gasteiger partial charge in [-0.2, -0.15) is 0 Å². The fourth-order valence-corrected chi connectivity index (χ4v) is 2.11. The van der Waals surface area contributed by atoms with Crippen molar-refractivity contribution in [2.45, 2.75) is 25.4 Å². The first kappa shape index (κ1) is 14.9. The number of ether oxygens (including phenoxy) is 1. The zero-order chi connectivity index (χ0) is 12.5. The first-order valence-corrected chi connectivity index (χ1v) is 6.84. The van der Waals surface area contributed by atoms with Crippen molar-refractivity contribution in [2.24, 2.45) is 0 Å². The van der Waals surface area contributed by atoms with Crippen molar-refractivity contribution in [1.82, 2.24) is 15.1 Å². The third kappa shape index (κ3) is 7.71. The second-order valence-corrected chi connectivity index (χ2v) is 5.30. The Morgan fingerprint density at radius 2 is 2.00 bits per heavy atom. The van der Waals surface area contributed by atoms with Crippen LogP contribution in [0.1, 0.15) is 19.3 Å². The van der Waals surface area contributed by atoms with Gasteiger partial charge in [-0.1, -0.05) is 0 Å². The van der Waals surface area contributed by atoms with Gasteiger partial charge in [-0.15, -0.1) is 0 Å². The Bertz CT molecular complexity index is 182. The lowest BCUT2D eigenvalue weighted by atomic mass is 10.2. The summed E-state index contributed by atoms with van der Waals surface area (Å²) >= 11 is 0. The fourth-order valence-electron chi connectivity index (χ4n) is 2.11. The lowest BCUT2D eigenvalue weighted by molar-refractivity contribution is 0.109. The molecular weight excluding hydrogens is 214 g/mol. The number of likely N-dealkylation sites (N-methyl/N-ethyl adjacent to an activating group) is 1. The molecule has 1 rings (SSSR count). The average molecular weight is 243 g/mol. The molecule has 0 radical (unpaired) electrons. The number of hydrogen-bond acceptors (Lipinski definition) is 4. The third-order valence-electron chi connectivity index (χ3n) is 3.21. The Kier molecular flexibility index (Phi) is 7.77. The van der Waals surface area contributed by atoms with Crippen LogP contribution in [0.3, 0.4) is 0 Å². The summed E-state index contributed by atoms with van der Waals surface area (Å²) in [5.74, 6) is 0. The van der Waals surface area contributed by atoms with E-state index in [1.54, 1.807) is 0 Å². The molecule has 1 N–H and O–H groups in total. The van der Waals surface area contributed by atoms with Gasteiger partial charge in [0.15, 0.2) is 0 Å². The van der Waals surface area contributed by atoms with E-state index in [1.807, 2.05) is 0 Å².